The molecule has 0 heterocycles. The molecule has 0 spiro atoms. The fraction of sp³-hybridized carbons (Fsp3) is 0.906. The van der Waals surface area contributed by atoms with Crippen molar-refractivity contribution in [3.8, 4) is 0 Å². The highest BCUT2D eigenvalue weighted by Crippen LogP contribution is 2.38. The van der Waals surface area contributed by atoms with Gasteiger partial charge in [-0.05, 0) is 85.8 Å². The molecule has 0 radical (unpaired) electrons. The third-order valence-corrected chi connectivity index (χ3v) is 8.48. The van der Waals surface area contributed by atoms with E-state index in [1.807, 2.05) is 42.0 Å². The van der Waals surface area contributed by atoms with Gasteiger partial charge < -0.3 is 45.6 Å². The summed E-state index contributed by atoms with van der Waals surface area (Å²) < 4.78 is 10.5. The van der Waals surface area contributed by atoms with Crippen LogP contribution in [0.3, 0.4) is 0 Å². The summed E-state index contributed by atoms with van der Waals surface area (Å²) in [5.41, 5.74) is 0.150. The largest absolute Gasteiger partial charge is 0.789 e. The molecule has 0 bridgehead atoms. The van der Waals surface area contributed by atoms with Gasteiger partial charge in [0.2, 0.25) is 0 Å². The van der Waals surface area contributed by atoms with Crippen molar-refractivity contribution in [2.45, 2.75) is 104 Å². The molecule has 0 aliphatic rings. The second kappa shape index (κ2) is 26.4. The number of carbonyl (C=O) groups excluding carboxylic acids is 2. The normalized spacial score (nSPS) is 16.0. The number of nitrogens with one attached hydrogen (secondary N) is 5. The second-order valence-corrected chi connectivity index (χ2v) is 14.8. The van der Waals surface area contributed by atoms with E-state index in [9.17, 15) is 14.5 Å². The van der Waals surface area contributed by atoms with Crippen molar-refractivity contribution in [2.75, 3.05) is 68.1 Å². The monoisotopic (exact) mass is 650 g/mol. The van der Waals surface area contributed by atoms with Gasteiger partial charge in [0, 0.05) is 31.9 Å². The molecule has 12 heteroatoms. The van der Waals surface area contributed by atoms with E-state index in [0.29, 0.717) is 6.42 Å². The predicted molar refractivity (Wildman–Crippen MR) is 184 cm³/mol. The second-order valence-electron chi connectivity index (χ2n) is 13.1. The zero-order valence-corrected chi connectivity index (χ0v) is 30.6. The first-order valence-corrected chi connectivity index (χ1v) is 18.1. The van der Waals surface area contributed by atoms with Gasteiger partial charge in [-0.3, -0.25) is 9.59 Å². The maximum absolute atomic E-state index is 12.6. The van der Waals surface area contributed by atoms with Crippen molar-refractivity contribution in [3.05, 3.63) is 0 Å². The maximum Gasteiger partial charge on any atom is 0.150 e. The number of likely N-dealkylation sites (N-methyl/N-ethyl adjacent to an activating group) is 3. The molecule has 44 heavy (non-hydrogen) atoms. The third-order valence-electron chi connectivity index (χ3n) is 7.40. The highest BCUT2D eigenvalue weighted by atomic mass is 31.2. The summed E-state index contributed by atoms with van der Waals surface area (Å²) in [7, 11) is 5.91. The summed E-state index contributed by atoms with van der Waals surface area (Å²) in [5.74, 6) is 0.297. The Kier molecular flexibility index (Phi) is 27.2. The molecule has 5 atom stereocenters. The van der Waals surface area contributed by atoms with E-state index < -0.39 is 7.57 Å². The van der Waals surface area contributed by atoms with Crippen LogP contribution < -0.4 is 31.5 Å². The van der Waals surface area contributed by atoms with Gasteiger partial charge >= 0.3 is 0 Å². The van der Waals surface area contributed by atoms with Gasteiger partial charge in [-0.1, -0.05) is 53.8 Å². The lowest BCUT2D eigenvalue weighted by Crippen LogP contribution is -2.36. The zero-order chi connectivity index (χ0) is 34.2. The van der Waals surface area contributed by atoms with Gasteiger partial charge in [0.1, 0.15) is 11.6 Å². The first-order chi connectivity index (χ1) is 20.6. The van der Waals surface area contributed by atoms with Crippen LogP contribution in [0.1, 0.15) is 86.0 Å². The first-order valence-electron chi connectivity index (χ1n) is 16.3. The van der Waals surface area contributed by atoms with Gasteiger partial charge in [-0.2, -0.15) is 0 Å². The molecule has 0 aromatic rings. The molecule has 0 amide bonds. The van der Waals surface area contributed by atoms with E-state index in [1.54, 1.807) is 7.05 Å². The molecule has 0 aliphatic heterocycles. The standard InChI is InChI=1S/C19H39N3O2.C13H30N2O4P/c1-15(2)19(24)16(10-6-8-12-20-3)14-18(23)17(22-5)11-7-9-13-21-4;1-13(2,3)7-11(14-4)9-18-20(6,17)19-10-12(8-16)15-5/h15-17,20-22H,6-14H2,1-5H3;11-12,14-16H,6-10H2,1-5H3/q;-1/t16?,17-;/m0./s1. The minimum Gasteiger partial charge on any atom is -0.789 e. The maximum atomic E-state index is 12.6. The number of Topliss-reactive ketones (excluding diaryl/α,β-unsaturated/α-hetero) is 2. The number of rotatable bonds is 26. The Hall–Kier alpha value is -0.720. The van der Waals surface area contributed by atoms with E-state index >= 15 is 0 Å². The van der Waals surface area contributed by atoms with Gasteiger partial charge in [0.15, 0.2) is 0 Å². The molecule has 4 unspecified atom stereocenters. The van der Waals surface area contributed by atoms with Crippen LogP contribution in [0.5, 0.6) is 0 Å². The predicted octanol–water partition coefficient (Wildman–Crippen LogP) is 2.33. The molecule has 0 saturated carbocycles. The van der Waals surface area contributed by atoms with Crippen LogP contribution in [-0.4, -0.2) is 109 Å². The van der Waals surface area contributed by atoms with Crippen molar-refractivity contribution in [2.24, 2.45) is 17.3 Å². The number of hydrogen-bond acceptors (Lipinski definition) is 11. The molecule has 0 saturated heterocycles. The number of carbonyl (C=O) groups is 2. The Morgan fingerprint density at radius 1 is 0.841 bits per heavy atom. The SMILES string of the molecule is C=P([O-])(OCC(CO)NC)OCC(CC(C)(C)C)NC.CNCCCCC(CC(=O)[C@H](CCCCNC)NC)C(=O)C(C)C. The van der Waals surface area contributed by atoms with Gasteiger partial charge in [0.25, 0.3) is 0 Å². The molecule has 0 aromatic heterocycles. The summed E-state index contributed by atoms with van der Waals surface area (Å²) in [6.07, 6.45) is 10.5. The molecule has 0 aliphatic carbocycles. The average Bonchev–Trinajstić information content (AvgIpc) is 2.96. The zero-order valence-electron chi connectivity index (χ0n) is 29.7. The van der Waals surface area contributed by atoms with Crippen molar-refractivity contribution >= 4 is 25.4 Å². The first kappa shape index (κ1) is 45.4. The fourth-order valence-electron chi connectivity index (χ4n) is 4.67. The molecular weight excluding hydrogens is 581 g/mol. The molecule has 11 nitrogen and oxygen atoms in total. The minimum absolute atomic E-state index is 0.00392. The molecule has 0 rings (SSSR count). The van der Waals surface area contributed by atoms with E-state index in [0.717, 1.165) is 58.0 Å². The molecule has 6 N–H and O–H groups in total. The van der Waals surface area contributed by atoms with Gasteiger partial charge in [-0.25, -0.2) is 0 Å². The summed E-state index contributed by atoms with van der Waals surface area (Å²) in [4.78, 5) is 37.1. The van der Waals surface area contributed by atoms with Crippen LogP contribution >= 0.6 is 7.57 Å². The minimum atomic E-state index is -3.35. The van der Waals surface area contributed by atoms with E-state index in [2.05, 4.69) is 53.7 Å². The number of hydrogen-bond donors (Lipinski definition) is 6. The van der Waals surface area contributed by atoms with E-state index in [-0.39, 0.29) is 66.8 Å². The van der Waals surface area contributed by atoms with Crippen molar-refractivity contribution in [1.82, 2.24) is 26.6 Å². The van der Waals surface area contributed by atoms with Gasteiger partial charge in [-0.15, -0.1) is 0 Å². The summed E-state index contributed by atoms with van der Waals surface area (Å²) >= 11 is 0. The summed E-state index contributed by atoms with van der Waals surface area (Å²) in [6.45, 7) is 12.5. The fourth-order valence-corrected chi connectivity index (χ4v) is 5.55. The van der Waals surface area contributed by atoms with Crippen LogP contribution in [0.4, 0.5) is 0 Å². The van der Waals surface area contributed by atoms with Crippen molar-refractivity contribution in [3.63, 3.8) is 0 Å². The lowest BCUT2D eigenvalue weighted by atomic mass is 9.85. The summed E-state index contributed by atoms with van der Waals surface area (Å²) in [5, 5.41) is 24.4. The molecule has 0 fully saturated rings. The number of aliphatic hydroxyl groups is 1. The van der Waals surface area contributed by atoms with Crippen LogP contribution in [0.2, 0.25) is 0 Å². The molecule has 264 valence electrons. The highest BCUT2D eigenvalue weighted by Gasteiger charge is 2.26. The van der Waals surface area contributed by atoms with Crippen molar-refractivity contribution < 1.29 is 28.6 Å². The summed E-state index contributed by atoms with van der Waals surface area (Å²) in [6, 6.07) is -0.309. The quantitative estimate of drug-likeness (QED) is 0.0604. The number of aliphatic hydroxyl groups excluding tert-OH is 1. The lowest BCUT2D eigenvalue weighted by Gasteiger charge is -2.34. The average molecular weight is 651 g/mol. The lowest BCUT2D eigenvalue weighted by molar-refractivity contribution is -0.209. The van der Waals surface area contributed by atoms with Crippen molar-refractivity contribution in [1.29, 1.82) is 0 Å². The molecular formula is C32H69N5O6P-. The smallest absolute Gasteiger partial charge is 0.150 e. The highest BCUT2D eigenvalue weighted by molar-refractivity contribution is 7.57. The van der Waals surface area contributed by atoms with E-state index in [1.165, 1.54) is 0 Å². The van der Waals surface area contributed by atoms with Crippen LogP contribution in [0.25, 0.3) is 0 Å². The third kappa shape index (κ3) is 24.5. The number of ketones is 2. The Balaban J connectivity index is 0. The topological polar surface area (TPSA) is 156 Å². The Labute approximate surface area is 270 Å². The van der Waals surface area contributed by atoms with Crippen LogP contribution in [0.15, 0.2) is 0 Å². The van der Waals surface area contributed by atoms with E-state index in [4.69, 9.17) is 14.2 Å². The Morgan fingerprint density at radius 2 is 1.34 bits per heavy atom. The van der Waals surface area contributed by atoms with Gasteiger partial charge in [0.05, 0.1) is 31.9 Å². The van der Waals surface area contributed by atoms with Crippen LogP contribution in [0, 0.1) is 17.3 Å². The van der Waals surface area contributed by atoms with Crippen LogP contribution in [-0.2, 0) is 18.6 Å². The molecule has 0 aromatic carbocycles. The Morgan fingerprint density at radius 3 is 1.75 bits per heavy atom. The number of unbranched alkanes of at least 4 members (excludes halogenated alkanes) is 2. The Bertz CT molecular complexity index is 777.